The quantitative estimate of drug-likeness (QED) is 0.736. The number of aryl methyl sites for hydroxylation is 1. The van der Waals surface area contributed by atoms with Crippen LogP contribution in [-0.4, -0.2) is 27.1 Å². The van der Waals surface area contributed by atoms with Gasteiger partial charge in [-0.1, -0.05) is 64.1 Å². The number of carbonyl (C=O) groups excluding carboxylic acids is 1. The molecule has 5 nitrogen and oxygen atoms in total. The lowest BCUT2D eigenvalue weighted by molar-refractivity contribution is -0.120. The molecule has 0 unspecified atom stereocenters. The number of hydrogen-bond acceptors (Lipinski definition) is 3. The zero-order valence-corrected chi connectivity index (χ0v) is 19.0. The summed E-state index contributed by atoms with van der Waals surface area (Å²) in [5, 5.41) is 2.90. The highest BCUT2D eigenvalue weighted by molar-refractivity contribution is 7.92. The third-order valence-corrected chi connectivity index (χ3v) is 6.11. The molecule has 0 spiro atoms. The van der Waals surface area contributed by atoms with Crippen molar-refractivity contribution in [1.82, 2.24) is 5.32 Å². The highest BCUT2D eigenvalue weighted by Crippen LogP contribution is 2.26. The average Bonchev–Trinajstić information content (AvgIpc) is 2.64. The van der Waals surface area contributed by atoms with Gasteiger partial charge in [0, 0.05) is 0 Å². The van der Waals surface area contributed by atoms with E-state index >= 15 is 0 Å². The first-order valence-electron chi connectivity index (χ1n) is 9.88. The van der Waals surface area contributed by atoms with Crippen LogP contribution < -0.4 is 9.62 Å². The number of hydrogen-bond donors (Lipinski definition) is 1. The molecule has 0 bridgehead atoms. The number of amides is 1. The zero-order valence-electron chi connectivity index (χ0n) is 18.2. The first-order valence-corrected chi connectivity index (χ1v) is 11.7. The summed E-state index contributed by atoms with van der Waals surface area (Å²) in [7, 11) is -3.60. The fourth-order valence-corrected chi connectivity index (χ4v) is 3.93. The van der Waals surface area contributed by atoms with Crippen molar-refractivity contribution in [3.05, 3.63) is 65.2 Å². The molecule has 2 rings (SSSR count). The molecular formula is C23H32N2O3S. The second-order valence-electron chi connectivity index (χ2n) is 8.45. The van der Waals surface area contributed by atoms with Gasteiger partial charge in [-0.05, 0) is 47.6 Å². The molecule has 0 aromatic heterocycles. The maximum Gasteiger partial charge on any atom is 0.241 e. The van der Waals surface area contributed by atoms with Gasteiger partial charge in [0.25, 0.3) is 0 Å². The van der Waals surface area contributed by atoms with Crippen LogP contribution in [0, 0.1) is 0 Å². The van der Waals surface area contributed by atoms with E-state index in [9.17, 15) is 13.2 Å². The summed E-state index contributed by atoms with van der Waals surface area (Å²) in [6.45, 7) is 10.0. The molecular weight excluding hydrogens is 384 g/mol. The van der Waals surface area contributed by atoms with E-state index in [2.05, 4.69) is 33.0 Å². The third-order valence-electron chi connectivity index (χ3n) is 4.97. The Morgan fingerprint density at radius 1 is 1.03 bits per heavy atom. The molecule has 0 aliphatic heterocycles. The largest absolute Gasteiger partial charge is 0.348 e. The van der Waals surface area contributed by atoms with Crippen LogP contribution in [0.3, 0.4) is 0 Å². The molecule has 0 aliphatic carbocycles. The summed E-state index contributed by atoms with van der Waals surface area (Å²) in [5.74, 6) is -0.345. The van der Waals surface area contributed by atoms with Crippen LogP contribution in [0.1, 0.15) is 57.4 Å². The van der Waals surface area contributed by atoms with E-state index in [0.717, 1.165) is 28.1 Å². The van der Waals surface area contributed by atoms with Gasteiger partial charge in [-0.25, -0.2) is 8.42 Å². The summed E-state index contributed by atoms with van der Waals surface area (Å²) in [6.07, 6.45) is 2.07. The van der Waals surface area contributed by atoms with Crippen molar-refractivity contribution in [2.45, 2.75) is 52.5 Å². The Morgan fingerprint density at radius 3 is 2.03 bits per heavy atom. The maximum atomic E-state index is 12.6. The van der Waals surface area contributed by atoms with Crippen LogP contribution in [-0.2, 0) is 26.7 Å². The van der Waals surface area contributed by atoms with Crippen LogP contribution in [0.2, 0.25) is 0 Å². The Labute approximate surface area is 175 Å². The molecule has 0 heterocycles. The number of nitrogens with zero attached hydrogens (tertiary/aromatic N) is 1. The molecule has 6 heteroatoms. The van der Waals surface area contributed by atoms with E-state index in [1.54, 1.807) is 12.1 Å². The number of sulfonamides is 1. The number of anilines is 1. The maximum absolute atomic E-state index is 12.6. The minimum Gasteiger partial charge on any atom is -0.348 e. The number of nitrogens with one attached hydrogen (secondary N) is 1. The lowest BCUT2D eigenvalue weighted by Gasteiger charge is -2.25. The molecule has 29 heavy (non-hydrogen) atoms. The highest BCUT2D eigenvalue weighted by Gasteiger charge is 2.23. The van der Waals surface area contributed by atoms with Gasteiger partial charge in [0.1, 0.15) is 6.54 Å². The van der Waals surface area contributed by atoms with Crippen LogP contribution in [0.4, 0.5) is 5.69 Å². The Balaban J connectivity index is 2.14. The lowest BCUT2D eigenvalue weighted by atomic mass is 9.87. The summed E-state index contributed by atoms with van der Waals surface area (Å²) < 4.78 is 25.8. The van der Waals surface area contributed by atoms with Crippen molar-refractivity contribution in [1.29, 1.82) is 0 Å². The predicted molar refractivity (Wildman–Crippen MR) is 120 cm³/mol. The summed E-state index contributed by atoms with van der Waals surface area (Å²) in [4.78, 5) is 12.6. The van der Waals surface area contributed by atoms with Gasteiger partial charge in [0.05, 0.1) is 18.0 Å². The van der Waals surface area contributed by atoms with Gasteiger partial charge >= 0.3 is 0 Å². The third kappa shape index (κ3) is 6.32. The van der Waals surface area contributed by atoms with Gasteiger partial charge in [-0.2, -0.15) is 0 Å². The number of benzene rings is 2. The molecule has 158 valence electrons. The molecule has 1 N–H and O–H groups in total. The molecule has 1 atom stereocenters. The number of carbonyl (C=O) groups is 1. The standard InChI is InChI=1S/C23H32N2O3S/c1-7-18-8-10-19(11-9-18)17(2)24-22(26)16-25(29(6,27)28)21-14-12-20(13-15-21)23(3,4)5/h8-15,17H,7,16H2,1-6H3,(H,24,26)/t17-/m1/s1. The van der Waals surface area contributed by atoms with Gasteiger partial charge in [-0.15, -0.1) is 0 Å². The van der Waals surface area contributed by atoms with Gasteiger partial charge in [-0.3, -0.25) is 9.10 Å². The van der Waals surface area contributed by atoms with Crippen molar-refractivity contribution in [2.24, 2.45) is 0 Å². The summed E-state index contributed by atoms with van der Waals surface area (Å²) >= 11 is 0. The first-order chi connectivity index (χ1) is 13.4. The Kier molecular flexibility index (Phi) is 7.11. The van der Waals surface area contributed by atoms with E-state index in [0.29, 0.717) is 5.69 Å². The monoisotopic (exact) mass is 416 g/mol. The van der Waals surface area contributed by atoms with Crippen molar-refractivity contribution in [2.75, 3.05) is 17.1 Å². The molecule has 0 saturated carbocycles. The molecule has 0 fully saturated rings. The van der Waals surface area contributed by atoms with Crippen molar-refractivity contribution >= 4 is 21.6 Å². The van der Waals surface area contributed by atoms with Gasteiger partial charge < -0.3 is 5.32 Å². The molecule has 0 saturated heterocycles. The number of rotatable bonds is 7. The van der Waals surface area contributed by atoms with E-state index in [1.807, 2.05) is 43.3 Å². The fraction of sp³-hybridized carbons (Fsp3) is 0.435. The van der Waals surface area contributed by atoms with Crippen molar-refractivity contribution in [3.63, 3.8) is 0 Å². The van der Waals surface area contributed by atoms with Crippen molar-refractivity contribution < 1.29 is 13.2 Å². The van der Waals surface area contributed by atoms with Gasteiger partial charge in [0.15, 0.2) is 0 Å². The summed E-state index contributed by atoms with van der Waals surface area (Å²) in [5.41, 5.74) is 3.76. The predicted octanol–water partition coefficient (Wildman–Crippen LogP) is 4.19. The Bertz CT molecular complexity index is 928. The van der Waals surface area contributed by atoms with Crippen LogP contribution in [0.5, 0.6) is 0 Å². The minimum absolute atomic E-state index is 0.0332. The van der Waals surface area contributed by atoms with Crippen molar-refractivity contribution in [3.8, 4) is 0 Å². The minimum atomic E-state index is -3.60. The van der Waals surface area contributed by atoms with Crippen LogP contribution >= 0.6 is 0 Å². The molecule has 2 aromatic carbocycles. The van der Waals surface area contributed by atoms with E-state index in [1.165, 1.54) is 5.56 Å². The summed E-state index contributed by atoms with van der Waals surface area (Å²) in [6, 6.07) is 15.2. The molecule has 0 radical (unpaired) electrons. The fourth-order valence-electron chi connectivity index (χ4n) is 3.07. The lowest BCUT2D eigenvalue weighted by Crippen LogP contribution is -2.41. The molecule has 0 aliphatic rings. The molecule has 1 amide bonds. The highest BCUT2D eigenvalue weighted by atomic mass is 32.2. The zero-order chi connectivity index (χ0) is 21.8. The van der Waals surface area contributed by atoms with E-state index in [4.69, 9.17) is 0 Å². The normalized spacial score (nSPS) is 13.0. The Hall–Kier alpha value is -2.34. The van der Waals surface area contributed by atoms with Crippen LogP contribution in [0.15, 0.2) is 48.5 Å². The van der Waals surface area contributed by atoms with Gasteiger partial charge in [0.2, 0.25) is 15.9 Å². The van der Waals surface area contributed by atoms with E-state index in [-0.39, 0.29) is 23.9 Å². The smallest absolute Gasteiger partial charge is 0.241 e. The average molecular weight is 417 g/mol. The van der Waals surface area contributed by atoms with Crippen LogP contribution in [0.25, 0.3) is 0 Å². The SMILES string of the molecule is CCc1ccc([C@@H](C)NC(=O)CN(c2ccc(C(C)(C)C)cc2)S(C)(=O)=O)cc1. The second kappa shape index (κ2) is 8.99. The molecule has 2 aromatic rings. The van der Waals surface area contributed by atoms with E-state index < -0.39 is 10.0 Å². The topological polar surface area (TPSA) is 66.5 Å². The Morgan fingerprint density at radius 2 is 1.59 bits per heavy atom. The second-order valence-corrected chi connectivity index (χ2v) is 10.4. The first kappa shape index (κ1) is 22.9.